The van der Waals surface area contributed by atoms with Gasteiger partial charge in [-0.3, -0.25) is 9.59 Å². The highest BCUT2D eigenvalue weighted by Gasteiger charge is 2.22. The Morgan fingerprint density at radius 2 is 1.47 bits per heavy atom. The van der Waals surface area contributed by atoms with Crippen molar-refractivity contribution in [2.75, 3.05) is 13.2 Å². The van der Waals surface area contributed by atoms with E-state index in [1.54, 1.807) is 0 Å². The third kappa shape index (κ3) is 2.61. The molecule has 2 amide bonds. The van der Waals surface area contributed by atoms with Crippen molar-refractivity contribution < 1.29 is 19.8 Å². The number of aliphatic hydroxyl groups excluding tert-OH is 2. The second kappa shape index (κ2) is 5.42. The molecule has 17 heavy (non-hydrogen) atoms. The van der Waals surface area contributed by atoms with E-state index < -0.39 is 30.9 Å². The van der Waals surface area contributed by atoms with Gasteiger partial charge in [-0.15, -0.1) is 0 Å². The number of carbonyl (C=O) groups is 2. The normalized spacial score (nSPS) is 10.5. The third-order valence-electron chi connectivity index (χ3n) is 2.49. The SMILES string of the molecule is NC(=O)c1cccc(C(N)=O)c1C(CO)CO. The van der Waals surface area contributed by atoms with Gasteiger partial charge in [0.15, 0.2) is 0 Å². The average Bonchev–Trinajstić information content (AvgIpc) is 2.30. The van der Waals surface area contributed by atoms with Crippen LogP contribution in [-0.4, -0.2) is 35.2 Å². The Labute approximate surface area is 97.8 Å². The number of primary amides is 2. The molecule has 0 bridgehead atoms. The lowest BCUT2D eigenvalue weighted by Crippen LogP contribution is -2.24. The van der Waals surface area contributed by atoms with Crippen LogP contribution in [0.2, 0.25) is 0 Å². The minimum absolute atomic E-state index is 0.0781. The quantitative estimate of drug-likeness (QED) is 0.522. The molecule has 0 aliphatic heterocycles. The van der Waals surface area contributed by atoms with Crippen molar-refractivity contribution in [1.82, 2.24) is 0 Å². The summed E-state index contributed by atoms with van der Waals surface area (Å²) in [5, 5.41) is 18.3. The number of carbonyl (C=O) groups excluding carboxylic acids is 2. The molecule has 6 N–H and O–H groups in total. The van der Waals surface area contributed by atoms with E-state index in [0.29, 0.717) is 0 Å². The molecule has 0 saturated heterocycles. The first-order valence-corrected chi connectivity index (χ1v) is 4.97. The Morgan fingerprint density at radius 1 is 1.06 bits per heavy atom. The first-order chi connectivity index (χ1) is 8.02. The van der Waals surface area contributed by atoms with Gasteiger partial charge in [0.2, 0.25) is 11.8 Å². The Morgan fingerprint density at radius 3 is 1.76 bits per heavy atom. The van der Waals surface area contributed by atoms with Crippen LogP contribution in [0.15, 0.2) is 18.2 Å². The van der Waals surface area contributed by atoms with E-state index in [0.717, 1.165) is 0 Å². The van der Waals surface area contributed by atoms with Gasteiger partial charge in [-0.2, -0.15) is 0 Å². The van der Waals surface area contributed by atoms with Crippen LogP contribution >= 0.6 is 0 Å². The molecule has 0 radical (unpaired) electrons. The van der Waals surface area contributed by atoms with Crippen LogP contribution in [0.5, 0.6) is 0 Å². The highest BCUT2D eigenvalue weighted by atomic mass is 16.3. The first-order valence-electron chi connectivity index (χ1n) is 4.97. The number of hydrogen-bond donors (Lipinski definition) is 4. The maximum absolute atomic E-state index is 11.2. The lowest BCUT2D eigenvalue weighted by Gasteiger charge is -2.17. The molecule has 0 aromatic heterocycles. The summed E-state index contributed by atoms with van der Waals surface area (Å²) in [6.45, 7) is -0.831. The monoisotopic (exact) mass is 238 g/mol. The fraction of sp³-hybridized carbons (Fsp3) is 0.273. The van der Waals surface area contributed by atoms with Gasteiger partial charge in [0.1, 0.15) is 0 Å². The molecule has 0 aliphatic rings. The third-order valence-corrected chi connectivity index (χ3v) is 2.49. The van der Waals surface area contributed by atoms with E-state index in [1.807, 2.05) is 0 Å². The number of nitrogens with two attached hydrogens (primary N) is 2. The van der Waals surface area contributed by atoms with Gasteiger partial charge < -0.3 is 21.7 Å². The van der Waals surface area contributed by atoms with Crippen LogP contribution in [0.3, 0.4) is 0 Å². The van der Waals surface area contributed by atoms with Crippen molar-refractivity contribution in [3.8, 4) is 0 Å². The van der Waals surface area contributed by atoms with Gasteiger partial charge in [-0.1, -0.05) is 6.07 Å². The number of rotatable bonds is 5. The fourth-order valence-electron chi connectivity index (χ4n) is 1.68. The van der Waals surface area contributed by atoms with Crippen molar-refractivity contribution in [2.45, 2.75) is 5.92 Å². The standard InChI is InChI=1S/C11H14N2O4/c12-10(16)7-2-1-3-8(11(13)17)9(7)6(4-14)5-15/h1-3,6,14-15H,4-5H2,(H2,12,16)(H2,13,17). The van der Waals surface area contributed by atoms with Crippen molar-refractivity contribution in [3.05, 3.63) is 34.9 Å². The molecule has 0 heterocycles. The lowest BCUT2D eigenvalue weighted by molar-refractivity contribution is 0.0996. The zero-order valence-electron chi connectivity index (χ0n) is 9.09. The van der Waals surface area contributed by atoms with Crippen LogP contribution in [0, 0.1) is 0 Å². The first kappa shape index (κ1) is 13.1. The average molecular weight is 238 g/mol. The number of aliphatic hydroxyl groups is 2. The minimum atomic E-state index is -0.763. The molecule has 1 rings (SSSR count). The van der Waals surface area contributed by atoms with Gasteiger partial charge in [-0.05, 0) is 17.7 Å². The maximum Gasteiger partial charge on any atom is 0.249 e. The molecule has 0 saturated carbocycles. The van der Waals surface area contributed by atoms with E-state index >= 15 is 0 Å². The van der Waals surface area contributed by atoms with Gasteiger partial charge in [0.05, 0.1) is 13.2 Å². The fourth-order valence-corrected chi connectivity index (χ4v) is 1.68. The van der Waals surface area contributed by atoms with Crippen molar-refractivity contribution in [1.29, 1.82) is 0 Å². The molecule has 0 spiro atoms. The molecule has 0 fully saturated rings. The van der Waals surface area contributed by atoms with Gasteiger partial charge in [0.25, 0.3) is 0 Å². The summed E-state index contributed by atoms with van der Waals surface area (Å²) < 4.78 is 0. The lowest BCUT2D eigenvalue weighted by atomic mass is 9.90. The Balaban J connectivity index is 3.48. The Kier molecular flexibility index (Phi) is 4.19. The Bertz CT molecular complexity index is 409. The summed E-state index contributed by atoms with van der Waals surface area (Å²) in [5.74, 6) is -2.24. The topological polar surface area (TPSA) is 127 Å². The molecule has 6 nitrogen and oxygen atoms in total. The van der Waals surface area contributed by atoms with Crippen molar-refractivity contribution in [2.24, 2.45) is 11.5 Å². The molecular formula is C11H14N2O4. The zero-order chi connectivity index (χ0) is 13.0. The Hall–Kier alpha value is -1.92. The predicted octanol–water partition coefficient (Wildman–Crippen LogP) is -1.05. The molecule has 6 heteroatoms. The van der Waals surface area contributed by atoms with E-state index in [9.17, 15) is 9.59 Å². The summed E-state index contributed by atoms with van der Waals surface area (Å²) in [5.41, 5.74) is 10.7. The van der Waals surface area contributed by atoms with Crippen LogP contribution < -0.4 is 11.5 Å². The summed E-state index contributed by atoms with van der Waals surface area (Å²) in [6.07, 6.45) is 0. The van der Waals surface area contributed by atoms with Crippen molar-refractivity contribution >= 4 is 11.8 Å². The highest BCUT2D eigenvalue weighted by molar-refractivity contribution is 6.01. The predicted molar refractivity (Wildman–Crippen MR) is 60.4 cm³/mol. The van der Waals surface area contributed by atoms with E-state index in [2.05, 4.69) is 0 Å². The van der Waals surface area contributed by atoms with Gasteiger partial charge in [-0.25, -0.2) is 0 Å². The summed E-state index contributed by atoms with van der Waals surface area (Å²) >= 11 is 0. The molecular weight excluding hydrogens is 224 g/mol. The van der Waals surface area contributed by atoms with Gasteiger partial charge >= 0.3 is 0 Å². The van der Waals surface area contributed by atoms with Gasteiger partial charge in [0, 0.05) is 17.0 Å². The molecule has 1 aromatic rings. The molecule has 92 valence electrons. The molecule has 0 atom stereocenters. The van der Waals surface area contributed by atoms with E-state index in [4.69, 9.17) is 21.7 Å². The second-order valence-corrected chi connectivity index (χ2v) is 3.56. The second-order valence-electron chi connectivity index (χ2n) is 3.56. The summed E-state index contributed by atoms with van der Waals surface area (Å²) in [4.78, 5) is 22.5. The van der Waals surface area contributed by atoms with E-state index in [-0.39, 0.29) is 16.7 Å². The van der Waals surface area contributed by atoms with Crippen LogP contribution in [-0.2, 0) is 0 Å². The summed E-state index contributed by atoms with van der Waals surface area (Å²) in [6, 6.07) is 4.31. The van der Waals surface area contributed by atoms with Crippen LogP contribution in [0.25, 0.3) is 0 Å². The zero-order valence-corrected chi connectivity index (χ0v) is 9.09. The van der Waals surface area contributed by atoms with E-state index in [1.165, 1.54) is 18.2 Å². The summed E-state index contributed by atoms with van der Waals surface area (Å²) in [7, 11) is 0. The molecule has 0 aliphatic carbocycles. The largest absolute Gasteiger partial charge is 0.396 e. The minimum Gasteiger partial charge on any atom is -0.396 e. The van der Waals surface area contributed by atoms with Crippen LogP contribution in [0.1, 0.15) is 32.2 Å². The molecule has 0 unspecified atom stereocenters. The number of benzene rings is 1. The number of hydrogen-bond acceptors (Lipinski definition) is 4. The molecule has 1 aromatic carbocycles. The number of amides is 2. The maximum atomic E-state index is 11.2. The van der Waals surface area contributed by atoms with Crippen LogP contribution in [0.4, 0.5) is 0 Å². The highest BCUT2D eigenvalue weighted by Crippen LogP contribution is 2.23. The van der Waals surface area contributed by atoms with Crippen molar-refractivity contribution in [3.63, 3.8) is 0 Å². The smallest absolute Gasteiger partial charge is 0.249 e.